The van der Waals surface area contributed by atoms with E-state index in [1.54, 1.807) is 0 Å². The first-order valence-corrected chi connectivity index (χ1v) is 12.5. The number of allylic oxidation sites excluding steroid dienone is 1. The molecular weight excluding hydrogens is 456 g/mol. The van der Waals surface area contributed by atoms with Crippen LogP contribution in [0.25, 0.3) is 16.8 Å². The molecule has 3 heteroatoms. The van der Waals surface area contributed by atoms with E-state index in [4.69, 9.17) is 9.47 Å². The zero-order chi connectivity index (χ0) is 25.0. The molecule has 180 valence electrons. The lowest BCUT2D eigenvalue weighted by Gasteiger charge is -2.35. The highest BCUT2D eigenvalue weighted by Gasteiger charge is 2.42. The zero-order valence-electron chi connectivity index (χ0n) is 20.3. The van der Waals surface area contributed by atoms with Gasteiger partial charge in [-0.2, -0.15) is 0 Å². The maximum atomic E-state index is 13.9. The van der Waals surface area contributed by atoms with Gasteiger partial charge in [-0.25, -0.2) is 0 Å². The second-order valence-corrected chi connectivity index (χ2v) is 9.22. The van der Waals surface area contributed by atoms with Crippen molar-refractivity contribution in [3.05, 3.63) is 155 Å². The molecule has 0 unspecified atom stereocenters. The van der Waals surface area contributed by atoms with E-state index in [9.17, 15) is 4.79 Å². The van der Waals surface area contributed by atoms with Crippen molar-refractivity contribution in [1.82, 2.24) is 0 Å². The number of rotatable bonds is 5. The molecule has 2 atom stereocenters. The standard InChI is InChI=1S/C34H26O3/c35-34(36-23-25-14-6-2-7-15-25)32-29-21-20-26-16-10-11-19-28(26)33(29)37-30(22-24-12-4-1-5-13-24)31(32)27-17-8-3-9-18-27/h1-22,31-32H,23H2/b30-22-/t31-,32-/m0/s1. The molecule has 0 spiro atoms. The summed E-state index contributed by atoms with van der Waals surface area (Å²) in [6.07, 6.45) is 2.04. The van der Waals surface area contributed by atoms with Crippen molar-refractivity contribution in [3.63, 3.8) is 0 Å². The number of esters is 1. The van der Waals surface area contributed by atoms with E-state index in [0.29, 0.717) is 5.75 Å². The first-order chi connectivity index (χ1) is 18.3. The van der Waals surface area contributed by atoms with Crippen LogP contribution in [0.2, 0.25) is 0 Å². The van der Waals surface area contributed by atoms with Crippen LogP contribution in [0.5, 0.6) is 5.75 Å². The normalized spacial score (nSPS) is 17.7. The molecule has 5 aromatic carbocycles. The van der Waals surface area contributed by atoms with Crippen LogP contribution in [0.4, 0.5) is 0 Å². The predicted molar refractivity (Wildman–Crippen MR) is 147 cm³/mol. The van der Waals surface area contributed by atoms with E-state index < -0.39 is 5.92 Å². The molecule has 0 bridgehead atoms. The molecular formula is C34H26O3. The number of benzene rings is 5. The minimum Gasteiger partial charge on any atom is -0.460 e. The molecule has 0 aliphatic carbocycles. The van der Waals surface area contributed by atoms with Crippen LogP contribution >= 0.6 is 0 Å². The lowest BCUT2D eigenvalue weighted by atomic mass is 9.77. The fourth-order valence-electron chi connectivity index (χ4n) is 5.08. The third-order valence-corrected chi connectivity index (χ3v) is 6.85. The SMILES string of the molecule is O=C(OCc1ccccc1)[C@H]1c2ccc3ccccc3c2O/C(=C\c2ccccc2)[C@@H]1c1ccccc1. The van der Waals surface area contributed by atoms with Gasteiger partial charge in [0.25, 0.3) is 0 Å². The highest BCUT2D eigenvalue weighted by Crippen LogP contribution is 2.50. The van der Waals surface area contributed by atoms with Crippen molar-refractivity contribution in [3.8, 4) is 5.75 Å². The fourth-order valence-corrected chi connectivity index (χ4v) is 5.08. The van der Waals surface area contributed by atoms with Crippen molar-refractivity contribution in [2.75, 3.05) is 0 Å². The second-order valence-electron chi connectivity index (χ2n) is 9.22. The highest BCUT2D eigenvalue weighted by atomic mass is 16.5. The summed E-state index contributed by atoms with van der Waals surface area (Å²) in [5, 5.41) is 2.04. The van der Waals surface area contributed by atoms with Crippen LogP contribution < -0.4 is 4.74 Å². The van der Waals surface area contributed by atoms with Crippen molar-refractivity contribution in [2.45, 2.75) is 18.4 Å². The Bertz CT molecular complexity index is 1560. The molecule has 1 aliphatic rings. The predicted octanol–water partition coefficient (Wildman–Crippen LogP) is 7.88. The van der Waals surface area contributed by atoms with Crippen LogP contribution in [-0.4, -0.2) is 5.97 Å². The number of fused-ring (bicyclic) bond motifs is 3. The lowest BCUT2D eigenvalue weighted by molar-refractivity contribution is -0.147. The summed E-state index contributed by atoms with van der Waals surface area (Å²) in [6, 6.07) is 42.1. The number of hydrogen-bond donors (Lipinski definition) is 0. The average Bonchev–Trinajstić information content (AvgIpc) is 2.96. The molecule has 0 N–H and O–H groups in total. The number of hydrogen-bond acceptors (Lipinski definition) is 3. The van der Waals surface area contributed by atoms with E-state index in [2.05, 4.69) is 24.3 Å². The summed E-state index contributed by atoms with van der Waals surface area (Å²) in [7, 11) is 0. The van der Waals surface area contributed by atoms with Gasteiger partial charge in [0.2, 0.25) is 0 Å². The topological polar surface area (TPSA) is 35.5 Å². The Morgan fingerprint density at radius 3 is 2.14 bits per heavy atom. The smallest absolute Gasteiger partial charge is 0.314 e. The Labute approximate surface area is 216 Å². The lowest BCUT2D eigenvalue weighted by Crippen LogP contribution is -2.30. The number of ether oxygens (including phenoxy) is 2. The summed E-state index contributed by atoms with van der Waals surface area (Å²) in [6.45, 7) is 0.221. The van der Waals surface area contributed by atoms with E-state index in [0.717, 1.165) is 38.8 Å². The first-order valence-electron chi connectivity index (χ1n) is 12.5. The molecule has 5 aromatic rings. The van der Waals surface area contributed by atoms with Gasteiger partial charge in [0, 0.05) is 10.9 Å². The summed E-state index contributed by atoms with van der Waals surface area (Å²) in [5.41, 5.74) is 3.82. The Balaban J connectivity index is 1.52. The summed E-state index contributed by atoms with van der Waals surface area (Å²) >= 11 is 0. The molecule has 0 amide bonds. The molecule has 0 fully saturated rings. The van der Waals surface area contributed by atoms with Gasteiger partial charge in [0.05, 0.1) is 11.8 Å². The number of carbonyl (C=O) groups is 1. The third-order valence-electron chi connectivity index (χ3n) is 6.85. The first kappa shape index (κ1) is 22.8. The highest BCUT2D eigenvalue weighted by molar-refractivity contribution is 5.94. The van der Waals surface area contributed by atoms with Crippen LogP contribution in [0.3, 0.4) is 0 Å². The second kappa shape index (κ2) is 10.2. The molecule has 6 rings (SSSR count). The maximum Gasteiger partial charge on any atom is 0.314 e. The molecule has 0 radical (unpaired) electrons. The van der Waals surface area contributed by atoms with Gasteiger partial charge in [-0.1, -0.05) is 127 Å². The third kappa shape index (κ3) is 4.64. The van der Waals surface area contributed by atoms with Crippen molar-refractivity contribution < 1.29 is 14.3 Å². The molecule has 3 nitrogen and oxygen atoms in total. The van der Waals surface area contributed by atoms with E-state index in [1.807, 2.05) is 109 Å². The maximum absolute atomic E-state index is 13.9. The van der Waals surface area contributed by atoms with E-state index >= 15 is 0 Å². The van der Waals surface area contributed by atoms with E-state index in [1.165, 1.54) is 0 Å². The average molecular weight is 483 g/mol. The quantitative estimate of drug-likeness (QED) is 0.239. The van der Waals surface area contributed by atoms with Crippen LogP contribution in [0, 0.1) is 0 Å². The van der Waals surface area contributed by atoms with Crippen molar-refractivity contribution >= 4 is 22.8 Å². The molecule has 0 saturated heterocycles. The monoisotopic (exact) mass is 482 g/mol. The minimum absolute atomic E-state index is 0.221. The molecule has 0 aromatic heterocycles. The number of carbonyl (C=O) groups excluding carboxylic acids is 1. The summed E-state index contributed by atoms with van der Waals surface area (Å²) < 4.78 is 12.7. The Morgan fingerprint density at radius 2 is 1.38 bits per heavy atom. The zero-order valence-corrected chi connectivity index (χ0v) is 20.3. The van der Waals surface area contributed by atoms with Gasteiger partial charge < -0.3 is 9.47 Å². The van der Waals surface area contributed by atoms with Crippen molar-refractivity contribution in [2.24, 2.45) is 0 Å². The Kier molecular flexibility index (Phi) is 6.26. The molecule has 1 heterocycles. The van der Waals surface area contributed by atoms with Gasteiger partial charge in [0.15, 0.2) is 0 Å². The van der Waals surface area contributed by atoms with Gasteiger partial charge in [-0.15, -0.1) is 0 Å². The Morgan fingerprint density at radius 1 is 0.730 bits per heavy atom. The summed E-state index contributed by atoms with van der Waals surface area (Å²) in [5.74, 6) is 0.279. The van der Waals surface area contributed by atoms with E-state index in [-0.39, 0.29) is 18.5 Å². The Hall–Kier alpha value is -4.63. The van der Waals surface area contributed by atoms with Gasteiger partial charge in [-0.3, -0.25) is 4.79 Å². The van der Waals surface area contributed by atoms with Crippen LogP contribution in [0.1, 0.15) is 34.1 Å². The molecule has 1 aliphatic heterocycles. The van der Waals surface area contributed by atoms with Gasteiger partial charge in [0.1, 0.15) is 18.1 Å². The largest absolute Gasteiger partial charge is 0.460 e. The fraction of sp³-hybridized carbons (Fsp3) is 0.0882. The van der Waals surface area contributed by atoms with Gasteiger partial charge in [-0.05, 0) is 28.2 Å². The van der Waals surface area contributed by atoms with Crippen LogP contribution in [0.15, 0.2) is 133 Å². The summed E-state index contributed by atoms with van der Waals surface area (Å²) in [4.78, 5) is 13.9. The molecule has 37 heavy (non-hydrogen) atoms. The molecule has 0 saturated carbocycles. The van der Waals surface area contributed by atoms with Crippen molar-refractivity contribution in [1.29, 1.82) is 0 Å². The van der Waals surface area contributed by atoms with Crippen LogP contribution in [-0.2, 0) is 16.1 Å². The van der Waals surface area contributed by atoms with Gasteiger partial charge >= 0.3 is 5.97 Å². The minimum atomic E-state index is -0.561.